The molecule has 1 aliphatic rings. The lowest BCUT2D eigenvalue weighted by Crippen LogP contribution is -2.22. The minimum Gasteiger partial charge on any atom is -0.457 e. The van der Waals surface area contributed by atoms with E-state index >= 15 is 0 Å². The molecule has 0 bridgehead atoms. The Bertz CT molecular complexity index is 1300. The van der Waals surface area contributed by atoms with Crippen molar-refractivity contribution in [3.8, 4) is 11.5 Å². The highest BCUT2D eigenvalue weighted by Crippen LogP contribution is 2.35. The van der Waals surface area contributed by atoms with Gasteiger partial charge in [0.25, 0.3) is 0 Å². The van der Waals surface area contributed by atoms with Gasteiger partial charge in [-0.2, -0.15) is 0 Å². The number of amides is 1. The first-order valence-electron chi connectivity index (χ1n) is 11.2. The average Bonchev–Trinajstić information content (AvgIpc) is 3.28. The minimum absolute atomic E-state index is 0.398. The van der Waals surface area contributed by atoms with Gasteiger partial charge in [-0.05, 0) is 72.3 Å². The number of ether oxygens (including phenoxy) is 1. The fraction of sp³-hybridized carbons (Fsp3) is 0.179. The molecule has 1 fully saturated rings. The molecule has 1 unspecified atom stereocenters. The smallest absolute Gasteiger partial charge is 0.249 e. The summed E-state index contributed by atoms with van der Waals surface area (Å²) >= 11 is 6.22. The number of halogens is 1. The van der Waals surface area contributed by atoms with Crippen LogP contribution in [-0.4, -0.2) is 17.4 Å². The van der Waals surface area contributed by atoms with E-state index in [0.717, 1.165) is 41.1 Å². The molecule has 0 spiro atoms. The molecule has 1 aliphatic heterocycles. The van der Waals surface area contributed by atoms with E-state index in [9.17, 15) is 4.79 Å². The van der Waals surface area contributed by atoms with E-state index in [0.29, 0.717) is 17.4 Å². The van der Waals surface area contributed by atoms with E-state index in [4.69, 9.17) is 22.1 Å². The summed E-state index contributed by atoms with van der Waals surface area (Å²) in [5.74, 6) is 1.01. The molecule has 0 aliphatic carbocycles. The van der Waals surface area contributed by atoms with E-state index in [-0.39, 0.29) is 0 Å². The second-order valence-electron chi connectivity index (χ2n) is 8.45. The summed E-state index contributed by atoms with van der Waals surface area (Å²) in [7, 11) is 0. The molecule has 0 saturated carbocycles. The molecule has 1 amide bonds. The maximum atomic E-state index is 11.8. The van der Waals surface area contributed by atoms with E-state index in [1.165, 1.54) is 17.5 Å². The number of carbonyl (C=O) groups is 1. The van der Waals surface area contributed by atoms with Gasteiger partial charge in [-0.15, -0.1) is 0 Å². The molecule has 4 nitrogen and oxygen atoms in total. The summed E-state index contributed by atoms with van der Waals surface area (Å²) in [5, 5.41) is 2.44. The van der Waals surface area contributed by atoms with Gasteiger partial charge in [0, 0.05) is 28.6 Å². The van der Waals surface area contributed by atoms with Gasteiger partial charge in [0.15, 0.2) is 0 Å². The highest BCUT2D eigenvalue weighted by Gasteiger charge is 2.26. The van der Waals surface area contributed by atoms with Gasteiger partial charge in [-0.1, -0.05) is 60.1 Å². The Morgan fingerprint density at radius 3 is 2.52 bits per heavy atom. The van der Waals surface area contributed by atoms with Crippen LogP contribution in [0.1, 0.15) is 40.4 Å². The second kappa shape index (κ2) is 9.26. The third-order valence-electron chi connectivity index (χ3n) is 6.28. The van der Waals surface area contributed by atoms with Crippen LogP contribution < -0.4 is 10.5 Å². The molecular weight excluding hydrogens is 432 g/mol. The van der Waals surface area contributed by atoms with Gasteiger partial charge in [0.1, 0.15) is 11.5 Å². The van der Waals surface area contributed by atoms with E-state index in [1.54, 1.807) is 12.1 Å². The third kappa shape index (κ3) is 4.58. The van der Waals surface area contributed by atoms with Gasteiger partial charge in [0.05, 0.1) is 0 Å². The van der Waals surface area contributed by atoms with Crippen molar-refractivity contribution >= 4 is 28.3 Å². The SMILES string of the molecule is NC(=O)c1ccc(Oc2ccc(CN3CCCC3c3cccc(Cl)c3)cc2)c2ccccc12. The molecular formula is C28H25ClN2O2. The Hall–Kier alpha value is -3.34. The van der Waals surface area contributed by atoms with Crippen molar-refractivity contribution in [3.05, 3.63) is 107 Å². The molecule has 1 heterocycles. The predicted octanol–water partition coefficient (Wildman–Crippen LogP) is 6.72. The Balaban J connectivity index is 1.32. The number of nitrogens with two attached hydrogens (primary N) is 1. The number of likely N-dealkylation sites (tertiary alicyclic amines) is 1. The molecule has 1 atom stereocenters. The summed E-state index contributed by atoms with van der Waals surface area (Å²) in [6.07, 6.45) is 2.34. The van der Waals surface area contributed by atoms with Gasteiger partial charge in [-0.3, -0.25) is 9.69 Å². The Morgan fingerprint density at radius 2 is 1.76 bits per heavy atom. The molecule has 5 rings (SSSR count). The quantitative estimate of drug-likeness (QED) is 0.350. The number of hydrogen-bond acceptors (Lipinski definition) is 3. The van der Waals surface area contributed by atoms with Gasteiger partial charge in [0.2, 0.25) is 5.91 Å². The van der Waals surface area contributed by atoms with E-state index < -0.39 is 5.91 Å². The van der Waals surface area contributed by atoms with Gasteiger partial charge in [-0.25, -0.2) is 0 Å². The lowest BCUT2D eigenvalue weighted by Gasteiger charge is -2.25. The Labute approximate surface area is 198 Å². The summed E-state index contributed by atoms with van der Waals surface area (Å²) in [5.41, 5.74) is 8.55. The van der Waals surface area contributed by atoms with Crippen molar-refractivity contribution in [2.24, 2.45) is 5.73 Å². The normalized spacial score (nSPS) is 16.2. The van der Waals surface area contributed by atoms with Gasteiger partial charge < -0.3 is 10.5 Å². The number of rotatable bonds is 6. The van der Waals surface area contributed by atoms with Crippen molar-refractivity contribution in [1.82, 2.24) is 4.90 Å². The number of hydrogen-bond donors (Lipinski definition) is 1. The minimum atomic E-state index is -0.444. The zero-order valence-electron chi connectivity index (χ0n) is 18.2. The Morgan fingerprint density at radius 1 is 0.970 bits per heavy atom. The summed E-state index contributed by atoms with van der Waals surface area (Å²) in [6, 6.07) is 28.0. The molecule has 2 N–H and O–H groups in total. The molecule has 1 saturated heterocycles. The van der Waals surface area contributed by atoms with Crippen molar-refractivity contribution < 1.29 is 9.53 Å². The monoisotopic (exact) mass is 456 g/mol. The molecule has 166 valence electrons. The predicted molar refractivity (Wildman–Crippen MR) is 133 cm³/mol. The topological polar surface area (TPSA) is 55.6 Å². The van der Waals surface area contributed by atoms with Crippen LogP contribution in [0.25, 0.3) is 10.8 Å². The molecule has 0 aromatic heterocycles. The molecule has 33 heavy (non-hydrogen) atoms. The largest absolute Gasteiger partial charge is 0.457 e. The lowest BCUT2D eigenvalue weighted by atomic mass is 10.0. The zero-order valence-corrected chi connectivity index (χ0v) is 19.0. The fourth-order valence-corrected chi connectivity index (χ4v) is 4.91. The maximum Gasteiger partial charge on any atom is 0.249 e. The van der Waals surface area contributed by atoms with Crippen molar-refractivity contribution in [3.63, 3.8) is 0 Å². The highest BCUT2D eigenvalue weighted by molar-refractivity contribution is 6.30. The van der Waals surface area contributed by atoms with Crippen LogP contribution in [0.2, 0.25) is 5.02 Å². The van der Waals surface area contributed by atoms with E-state index in [1.807, 2.05) is 48.5 Å². The third-order valence-corrected chi connectivity index (χ3v) is 6.52. The van der Waals surface area contributed by atoms with Crippen LogP contribution in [0.15, 0.2) is 84.9 Å². The van der Waals surface area contributed by atoms with Crippen LogP contribution in [-0.2, 0) is 6.54 Å². The first-order valence-corrected chi connectivity index (χ1v) is 11.5. The summed E-state index contributed by atoms with van der Waals surface area (Å²) in [4.78, 5) is 14.3. The zero-order chi connectivity index (χ0) is 22.8. The number of benzene rings is 4. The molecule has 4 aromatic carbocycles. The number of fused-ring (bicyclic) bond motifs is 1. The van der Waals surface area contributed by atoms with Crippen molar-refractivity contribution in [1.29, 1.82) is 0 Å². The Kier molecular flexibility index (Phi) is 6.03. The van der Waals surface area contributed by atoms with Crippen LogP contribution >= 0.6 is 11.6 Å². The molecule has 0 radical (unpaired) electrons. The molecule has 4 aromatic rings. The van der Waals surface area contributed by atoms with Crippen LogP contribution in [0.4, 0.5) is 0 Å². The average molecular weight is 457 g/mol. The first-order chi connectivity index (χ1) is 16.1. The first kappa shape index (κ1) is 21.5. The number of carbonyl (C=O) groups excluding carboxylic acids is 1. The highest BCUT2D eigenvalue weighted by atomic mass is 35.5. The lowest BCUT2D eigenvalue weighted by molar-refractivity contribution is 0.100. The van der Waals surface area contributed by atoms with Crippen LogP contribution in [0.5, 0.6) is 11.5 Å². The van der Waals surface area contributed by atoms with Gasteiger partial charge >= 0.3 is 0 Å². The standard InChI is InChI=1S/C28H25ClN2O2/c29-21-6-3-5-20(17-21)26-9-4-16-31(26)18-19-10-12-22(13-11-19)33-27-15-14-25(28(30)32)23-7-1-2-8-24(23)27/h1-3,5-8,10-15,17,26H,4,9,16,18H2,(H2,30,32). The fourth-order valence-electron chi connectivity index (χ4n) is 4.71. The second-order valence-corrected chi connectivity index (χ2v) is 8.89. The van der Waals surface area contributed by atoms with Crippen molar-refractivity contribution in [2.75, 3.05) is 6.54 Å². The molecule has 5 heteroatoms. The number of primary amides is 1. The summed E-state index contributed by atoms with van der Waals surface area (Å²) < 4.78 is 6.17. The van der Waals surface area contributed by atoms with Crippen LogP contribution in [0.3, 0.4) is 0 Å². The van der Waals surface area contributed by atoms with Crippen molar-refractivity contribution in [2.45, 2.75) is 25.4 Å². The van der Waals surface area contributed by atoms with Crippen LogP contribution in [0, 0.1) is 0 Å². The maximum absolute atomic E-state index is 11.8. The number of nitrogens with zero attached hydrogens (tertiary/aromatic N) is 1. The summed E-state index contributed by atoms with van der Waals surface area (Å²) in [6.45, 7) is 1.96. The van der Waals surface area contributed by atoms with E-state index in [2.05, 4.69) is 29.2 Å².